The van der Waals surface area contributed by atoms with Crippen molar-refractivity contribution in [3.63, 3.8) is 0 Å². The summed E-state index contributed by atoms with van der Waals surface area (Å²) >= 11 is 2.79. The van der Waals surface area contributed by atoms with E-state index < -0.39 is 11.8 Å². The fourth-order valence-corrected chi connectivity index (χ4v) is 5.38. The Morgan fingerprint density at radius 1 is 0.829 bits per heavy atom. The van der Waals surface area contributed by atoms with Crippen molar-refractivity contribution in [1.29, 1.82) is 0 Å². The van der Waals surface area contributed by atoms with E-state index >= 15 is 0 Å². The highest BCUT2D eigenvalue weighted by molar-refractivity contribution is 8.00. The molecule has 0 aliphatic heterocycles. The fraction of sp³-hybridized carbons (Fsp3) is 0.129. The van der Waals surface area contributed by atoms with Crippen LogP contribution in [0, 0.1) is 0 Å². The maximum absolute atomic E-state index is 13.5. The van der Waals surface area contributed by atoms with Crippen LogP contribution in [0.4, 0.5) is 5.69 Å². The van der Waals surface area contributed by atoms with E-state index in [2.05, 4.69) is 10.6 Å². The molecule has 3 aromatic carbocycles. The lowest BCUT2D eigenvalue weighted by atomic mass is 10.1. The molecule has 0 spiro atoms. The molecular formula is C31H28N2O6S2. The summed E-state index contributed by atoms with van der Waals surface area (Å²) in [5.41, 5.74) is 1.36. The molecule has 2 amide bonds. The van der Waals surface area contributed by atoms with Crippen LogP contribution in [-0.2, 0) is 4.79 Å². The second-order valence-corrected chi connectivity index (χ2v) is 10.5. The van der Waals surface area contributed by atoms with Crippen molar-refractivity contribution in [2.24, 2.45) is 0 Å². The van der Waals surface area contributed by atoms with Gasteiger partial charge in [0, 0.05) is 27.8 Å². The molecule has 210 valence electrons. The number of anilines is 1. The molecule has 0 bridgehead atoms. The van der Waals surface area contributed by atoms with Gasteiger partial charge in [0.1, 0.15) is 11.4 Å². The molecule has 0 atom stereocenters. The molecule has 0 aliphatic carbocycles. The predicted molar refractivity (Wildman–Crippen MR) is 162 cm³/mol. The molecule has 41 heavy (non-hydrogen) atoms. The number of carbonyl (C=O) groups is 3. The van der Waals surface area contributed by atoms with E-state index in [0.717, 1.165) is 4.90 Å². The Hall–Kier alpha value is -4.54. The summed E-state index contributed by atoms with van der Waals surface area (Å²) in [7, 11) is 4.51. The van der Waals surface area contributed by atoms with Crippen LogP contribution >= 0.6 is 23.1 Å². The van der Waals surface area contributed by atoms with E-state index in [9.17, 15) is 14.4 Å². The van der Waals surface area contributed by atoms with Crippen molar-refractivity contribution >= 4 is 52.5 Å². The molecule has 0 radical (unpaired) electrons. The smallest absolute Gasteiger partial charge is 0.272 e. The lowest BCUT2D eigenvalue weighted by Gasteiger charge is -2.15. The molecule has 0 unspecified atom stereocenters. The molecular weight excluding hydrogens is 560 g/mol. The van der Waals surface area contributed by atoms with Gasteiger partial charge in [-0.25, -0.2) is 0 Å². The number of amides is 2. The zero-order valence-electron chi connectivity index (χ0n) is 22.6. The average Bonchev–Trinajstić information content (AvgIpc) is 3.55. The quantitative estimate of drug-likeness (QED) is 0.116. The minimum absolute atomic E-state index is 0.0182. The maximum atomic E-state index is 13.5. The van der Waals surface area contributed by atoms with Crippen LogP contribution < -0.4 is 24.8 Å². The van der Waals surface area contributed by atoms with Gasteiger partial charge in [0.15, 0.2) is 17.3 Å². The zero-order valence-corrected chi connectivity index (χ0v) is 24.3. The second-order valence-electron chi connectivity index (χ2n) is 8.50. The summed E-state index contributed by atoms with van der Waals surface area (Å²) in [5, 5.41) is 7.44. The third kappa shape index (κ3) is 7.77. The van der Waals surface area contributed by atoms with Crippen molar-refractivity contribution in [3.05, 3.63) is 106 Å². The highest BCUT2D eigenvalue weighted by atomic mass is 32.2. The molecule has 8 nitrogen and oxygen atoms in total. The topological polar surface area (TPSA) is 103 Å². The van der Waals surface area contributed by atoms with Crippen LogP contribution in [0.1, 0.15) is 25.6 Å². The molecule has 2 N–H and O–H groups in total. The van der Waals surface area contributed by atoms with Crippen molar-refractivity contribution in [3.8, 4) is 17.2 Å². The number of methoxy groups -OCH3 is 3. The molecule has 4 aromatic rings. The van der Waals surface area contributed by atoms with Crippen molar-refractivity contribution in [1.82, 2.24) is 5.32 Å². The first-order chi connectivity index (χ1) is 19.9. The van der Waals surface area contributed by atoms with Gasteiger partial charge in [-0.3, -0.25) is 14.4 Å². The van der Waals surface area contributed by atoms with Crippen LogP contribution in [0.3, 0.4) is 0 Å². The third-order valence-electron chi connectivity index (χ3n) is 5.82. The Morgan fingerprint density at radius 3 is 2.24 bits per heavy atom. The van der Waals surface area contributed by atoms with Crippen LogP contribution in [0.5, 0.6) is 17.2 Å². The largest absolute Gasteiger partial charge is 0.496 e. The molecule has 0 fully saturated rings. The molecule has 0 saturated carbocycles. The summed E-state index contributed by atoms with van der Waals surface area (Å²) in [4.78, 5) is 40.5. The highest BCUT2D eigenvalue weighted by Crippen LogP contribution is 2.35. The van der Waals surface area contributed by atoms with Gasteiger partial charge in [-0.2, -0.15) is 0 Å². The van der Waals surface area contributed by atoms with Crippen LogP contribution in [0.15, 0.2) is 94.8 Å². The number of Topliss-reactive ketones (excluding diaryl/α,β-unsaturated/α-hetero) is 1. The number of ether oxygens (including phenoxy) is 3. The molecule has 10 heteroatoms. The Kier molecular flexibility index (Phi) is 10.2. The maximum Gasteiger partial charge on any atom is 0.272 e. The fourth-order valence-electron chi connectivity index (χ4n) is 3.78. The number of hydrogen-bond acceptors (Lipinski definition) is 8. The molecule has 0 aliphatic rings. The Bertz CT molecular complexity index is 1550. The van der Waals surface area contributed by atoms with E-state index in [4.69, 9.17) is 14.2 Å². The molecule has 4 rings (SSSR count). The number of carbonyl (C=O) groups excluding carboxylic acids is 3. The Balaban J connectivity index is 1.60. The SMILES string of the molecule is COc1cc(OC)c(OC)cc1/C=C(\NC(=O)c1ccccc1)C(=O)Nc1cccc(SCC(=O)c2cccs2)c1. The third-order valence-corrected chi connectivity index (χ3v) is 7.73. The van der Waals surface area contributed by atoms with Crippen molar-refractivity contribution in [2.75, 3.05) is 32.4 Å². The first-order valence-electron chi connectivity index (χ1n) is 12.4. The van der Waals surface area contributed by atoms with Crippen LogP contribution in [-0.4, -0.2) is 44.7 Å². The standard InChI is InChI=1S/C31H28N2O6S2/c1-37-26-18-28(39-3)27(38-2)16-21(26)15-24(33-30(35)20-9-5-4-6-10-20)31(36)32-22-11-7-12-23(17-22)41-19-25(34)29-13-8-14-40-29/h4-18H,19H2,1-3H3,(H,32,36)(H,33,35)/b24-15-. The first-order valence-corrected chi connectivity index (χ1v) is 14.3. The molecule has 1 heterocycles. The highest BCUT2D eigenvalue weighted by Gasteiger charge is 2.18. The van der Waals surface area contributed by atoms with E-state index in [1.54, 1.807) is 66.7 Å². The number of hydrogen-bond donors (Lipinski definition) is 2. The number of rotatable bonds is 12. The first kappa shape index (κ1) is 29.4. The van der Waals surface area contributed by atoms with E-state index in [1.165, 1.54) is 50.5 Å². The van der Waals surface area contributed by atoms with Crippen LogP contribution in [0.2, 0.25) is 0 Å². The predicted octanol–water partition coefficient (Wildman–Crippen LogP) is 6.16. The van der Waals surface area contributed by atoms with E-state index in [0.29, 0.717) is 38.9 Å². The Labute approximate surface area is 246 Å². The van der Waals surface area contributed by atoms with Crippen molar-refractivity contribution in [2.45, 2.75) is 4.90 Å². The van der Waals surface area contributed by atoms with Gasteiger partial charge < -0.3 is 24.8 Å². The van der Waals surface area contributed by atoms with Gasteiger partial charge in [0.25, 0.3) is 11.8 Å². The van der Waals surface area contributed by atoms with Gasteiger partial charge in [0.05, 0.1) is 32.0 Å². The van der Waals surface area contributed by atoms with E-state index in [-0.39, 0.29) is 17.2 Å². The Morgan fingerprint density at radius 2 is 1.56 bits per heavy atom. The van der Waals surface area contributed by atoms with Gasteiger partial charge in [-0.1, -0.05) is 30.3 Å². The minimum atomic E-state index is -0.553. The number of ketones is 1. The number of thioether (sulfide) groups is 1. The molecule has 0 saturated heterocycles. The van der Waals surface area contributed by atoms with Crippen LogP contribution in [0.25, 0.3) is 6.08 Å². The monoisotopic (exact) mass is 588 g/mol. The minimum Gasteiger partial charge on any atom is -0.496 e. The lowest BCUT2D eigenvalue weighted by molar-refractivity contribution is -0.113. The summed E-state index contributed by atoms with van der Waals surface area (Å²) < 4.78 is 16.3. The van der Waals surface area contributed by atoms with Gasteiger partial charge in [-0.15, -0.1) is 23.1 Å². The van der Waals surface area contributed by atoms with Gasteiger partial charge in [0.2, 0.25) is 0 Å². The average molecular weight is 589 g/mol. The summed E-state index contributed by atoms with van der Waals surface area (Å²) in [6.07, 6.45) is 1.51. The number of nitrogens with one attached hydrogen (secondary N) is 2. The number of thiophene rings is 1. The van der Waals surface area contributed by atoms with Crippen molar-refractivity contribution < 1.29 is 28.6 Å². The number of benzene rings is 3. The normalized spacial score (nSPS) is 11.0. The summed E-state index contributed by atoms with van der Waals surface area (Å²) in [5.74, 6) is 0.594. The van der Waals surface area contributed by atoms with Gasteiger partial charge >= 0.3 is 0 Å². The zero-order chi connectivity index (χ0) is 29.2. The second kappa shape index (κ2) is 14.2. The molecule has 1 aromatic heterocycles. The van der Waals surface area contributed by atoms with Gasteiger partial charge in [-0.05, 0) is 53.9 Å². The lowest BCUT2D eigenvalue weighted by Crippen LogP contribution is -2.30. The summed E-state index contributed by atoms with van der Waals surface area (Å²) in [6, 6.07) is 22.7. The summed E-state index contributed by atoms with van der Waals surface area (Å²) in [6.45, 7) is 0. The van der Waals surface area contributed by atoms with E-state index in [1.807, 2.05) is 17.5 Å².